The van der Waals surface area contributed by atoms with Gasteiger partial charge >= 0.3 is 0 Å². The highest BCUT2D eigenvalue weighted by atomic mass is 32.1. The van der Waals surface area contributed by atoms with Crippen LogP contribution in [-0.2, 0) is 17.8 Å². The minimum Gasteiger partial charge on any atom is -0.341 e. The zero-order valence-corrected chi connectivity index (χ0v) is 14.3. The number of thiazole rings is 1. The van der Waals surface area contributed by atoms with Gasteiger partial charge in [-0.05, 0) is 31.5 Å². The summed E-state index contributed by atoms with van der Waals surface area (Å²) in [6.07, 6.45) is 0.411. The van der Waals surface area contributed by atoms with Crippen molar-refractivity contribution in [2.75, 3.05) is 7.05 Å². The zero-order chi connectivity index (χ0) is 15.7. The number of nitrogens with zero attached hydrogens (tertiary/aromatic N) is 4. The maximum atomic E-state index is 12.4. The Hall–Kier alpha value is -1.86. The van der Waals surface area contributed by atoms with E-state index in [1.165, 1.54) is 11.7 Å². The minimum atomic E-state index is 0.100. The molecule has 0 aliphatic heterocycles. The van der Waals surface area contributed by atoms with Gasteiger partial charge in [-0.15, -0.1) is 11.3 Å². The molecule has 3 aromatic rings. The predicted octanol–water partition coefficient (Wildman–Crippen LogP) is 2.97. The van der Waals surface area contributed by atoms with Gasteiger partial charge < -0.3 is 4.90 Å². The first-order valence-electron chi connectivity index (χ1n) is 6.91. The third-order valence-corrected chi connectivity index (χ3v) is 5.10. The smallest absolute Gasteiger partial charge is 0.227 e. The lowest BCUT2D eigenvalue weighted by Crippen LogP contribution is -2.27. The summed E-state index contributed by atoms with van der Waals surface area (Å²) in [6, 6.07) is 5.93. The lowest BCUT2D eigenvalue weighted by atomic mass is 10.2. The highest BCUT2D eigenvalue weighted by Gasteiger charge is 2.14. The van der Waals surface area contributed by atoms with Gasteiger partial charge in [-0.2, -0.15) is 8.75 Å². The summed E-state index contributed by atoms with van der Waals surface area (Å²) >= 11 is 2.80. The first-order valence-corrected chi connectivity index (χ1v) is 8.45. The first kappa shape index (κ1) is 15.1. The van der Waals surface area contributed by atoms with E-state index in [-0.39, 0.29) is 5.91 Å². The monoisotopic (exact) mass is 332 g/mol. The fourth-order valence-electron chi connectivity index (χ4n) is 2.30. The number of aryl methyl sites for hydroxylation is 2. The van der Waals surface area contributed by atoms with E-state index in [0.29, 0.717) is 13.0 Å². The number of hydrogen-bond acceptors (Lipinski definition) is 6. The van der Waals surface area contributed by atoms with Gasteiger partial charge in [-0.25, -0.2) is 4.98 Å². The summed E-state index contributed by atoms with van der Waals surface area (Å²) in [4.78, 5) is 19.5. The van der Waals surface area contributed by atoms with Crippen LogP contribution < -0.4 is 0 Å². The number of aromatic nitrogens is 3. The summed E-state index contributed by atoms with van der Waals surface area (Å²) in [5, 5.41) is 1.00. The Balaban J connectivity index is 1.69. The number of benzene rings is 1. The van der Waals surface area contributed by atoms with Gasteiger partial charge in [0.2, 0.25) is 5.91 Å². The van der Waals surface area contributed by atoms with Crippen LogP contribution >= 0.6 is 23.1 Å². The van der Waals surface area contributed by atoms with Crippen molar-refractivity contribution < 1.29 is 4.79 Å². The molecule has 3 rings (SSSR count). The van der Waals surface area contributed by atoms with Crippen LogP contribution in [0.1, 0.15) is 21.1 Å². The molecule has 0 unspecified atom stereocenters. The van der Waals surface area contributed by atoms with Gasteiger partial charge in [-0.3, -0.25) is 4.79 Å². The summed E-state index contributed by atoms with van der Waals surface area (Å²) in [6.45, 7) is 4.49. The van der Waals surface area contributed by atoms with E-state index in [1.54, 1.807) is 16.2 Å². The molecule has 7 heteroatoms. The van der Waals surface area contributed by atoms with Crippen LogP contribution in [0.25, 0.3) is 11.0 Å². The van der Waals surface area contributed by atoms with Gasteiger partial charge in [0.15, 0.2) is 0 Å². The number of hydrogen-bond donors (Lipinski definition) is 0. The first-order chi connectivity index (χ1) is 10.5. The van der Waals surface area contributed by atoms with E-state index in [9.17, 15) is 4.79 Å². The van der Waals surface area contributed by atoms with Gasteiger partial charge in [-0.1, -0.05) is 6.07 Å². The van der Waals surface area contributed by atoms with Crippen LogP contribution in [0.5, 0.6) is 0 Å². The van der Waals surface area contributed by atoms with Crippen molar-refractivity contribution in [1.29, 1.82) is 0 Å². The van der Waals surface area contributed by atoms with Crippen LogP contribution in [0.2, 0.25) is 0 Å². The third kappa shape index (κ3) is 3.15. The number of carbonyl (C=O) groups excluding carboxylic acids is 1. The normalized spacial score (nSPS) is 11.0. The lowest BCUT2D eigenvalue weighted by Gasteiger charge is -2.17. The highest BCUT2D eigenvalue weighted by molar-refractivity contribution is 7.11. The quantitative estimate of drug-likeness (QED) is 0.737. The standard InChI is InChI=1S/C15H16N4OS2/c1-9-14(21-10(2)16-9)7-15(20)19(3)8-11-4-5-12-13(6-11)18-22-17-12/h4-6H,7-8H2,1-3H3. The zero-order valence-electron chi connectivity index (χ0n) is 12.7. The number of amides is 1. The van der Waals surface area contributed by atoms with E-state index < -0.39 is 0 Å². The van der Waals surface area contributed by atoms with Gasteiger partial charge in [0.1, 0.15) is 11.0 Å². The average molecular weight is 332 g/mol. The average Bonchev–Trinajstić information content (AvgIpc) is 3.05. The number of rotatable bonds is 4. The van der Waals surface area contributed by atoms with Crippen LogP contribution in [0.4, 0.5) is 0 Å². The molecule has 1 aromatic carbocycles. The molecule has 0 radical (unpaired) electrons. The van der Waals surface area contributed by atoms with E-state index in [0.717, 1.165) is 32.2 Å². The third-order valence-electron chi connectivity index (χ3n) is 3.48. The summed E-state index contributed by atoms with van der Waals surface area (Å²) in [5.41, 5.74) is 3.81. The Kier molecular flexibility index (Phi) is 4.17. The van der Waals surface area contributed by atoms with E-state index in [4.69, 9.17) is 0 Å². The van der Waals surface area contributed by atoms with Crippen LogP contribution in [0, 0.1) is 13.8 Å². The molecule has 2 aromatic heterocycles. The van der Waals surface area contributed by atoms with Crippen molar-refractivity contribution in [1.82, 2.24) is 18.6 Å². The van der Waals surface area contributed by atoms with Crippen molar-refractivity contribution >= 4 is 40.0 Å². The largest absolute Gasteiger partial charge is 0.341 e. The van der Waals surface area contributed by atoms with E-state index in [2.05, 4.69) is 13.7 Å². The van der Waals surface area contributed by atoms with Crippen molar-refractivity contribution in [3.8, 4) is 0 Å². The lowest BCUT2D eigenvalue weighted by molar-refractivity contribution is -0.129. The second-order valence-corrected chi connectivity index (χ2v) is 7.07. The van der Waals surface area contributed by atoms with Crippen LogP contribution in [0.15, 0.2) is 18.2 Å². The molecule has 0 spiro atoms. The van der Waals surface area contributed by atoms with Gasteiger partial charge in [0.25, 0.3) is 0 Å². The number of fused-ring (bicyclic) bond motifs is 1. The Bertz CT molecular complexity index is 824. The highest BCUT2D eigenvalue weighted by Crippen LogP contribution is 2.19. The maximum absolute atomic E-state index is 12.4. The van der Waals surface area contributed by atoms with Crippen molar-refractivity contribution in [3.05, 3.63) is 39.3 Å². The van der Waals surface area contributed by atoms with Gasteiger partial charge in [0.05, 0.1) is 28.9 Å². The molecule has 0 aliphatic carbocycles. The van der Waals surface area contributed by atoms with Crippen molar-refractivity contribution in [2.45, 2.75) is 26.8 Å². The van der Waals surface area contributed by atoms with E-state index in [1.807, 2.05) is 39.1 Å². The molecule has 0 fully saturated rings. The molecule has 0 saturated carbocycles. The minimum absolute atomic E-state index is 0.100. The molecule has 0 atom stereocenters. The molecule has 22 heavy (non-hydrogen) atoms. The van der Waals surface area contributed by atoms with Crippen LogP contribution in [-0.4, -0.2) is 31.6 Å². The van der Waals surface area contributed by atoms with Gasteiger partial charge in [0, 0.05) is 18.5 Å². The fourth-order valence-corrected chi connectivity index (χ4v) is 3.74. The number of carbonyl (C=O) groups is 1. The summed E-state index contributed by atoms with van der Waals surface area (Å²) in [7, 11) is 1.83. The predicted molar refractivity (Wildman–Crippen MR) is 89.2 cm³/mol. The Morgan fingerprint density at radius 2 is 2.00 bits per heavy atom. The van der Waals surface area contributed by atoms with Crippen molar-refractivity contribution in [2.24, 2.45) is 0 Å². The second-order valence-electron chi connectivity index (χ2n) is 5.26. The Morgan fingerprint density at radius 3 is 2.73 bits per heavy atom. The molecule has 0 aliphatic rings. The van der Waals surface area contributed by atoms with Crippen molar-refractivity contribution in [3.63, 3.8) is 0 Å². The molecule has 0 saturated heterocycles. The SMILES string of the molecule is Cc1nc(C)c(CC(=O)N(C)Cc2ccc3nsnc3c2)s1. The topological polar surface area (TPSA) is 59.0 Å². The summed E-state index contributed by atoms with van der Waals surface area (Å²) < 4.78 is 8.42. The maximum Gasteiger partial charge on any atom is 0.227 e. The molecular formula is C15H16N4OS2. The Labute approximate surface area is 137 Å². The van der Waals surface area contributed by atoms with E-state index >= 15 is 0 Å². The number of likely N-dealkylation sites (N-methyl/N-ethyl adjacent to an activating group) is 1. The molecule has 0 N–H and O–H groups in total. The molecule has 0 bridgehead atoms. The second kappa shape index (κ2) is 6.10. The molecule has 114 valence electrons. The molecule has 2 heterocycles. The Morgan fingerprint density at radius 1 is 1.23 bits per heavy atom. The van der Waals surface area contributed by atoms with Crippen LogP contribution in [0.3, 0.4) is 0 Å². The summed E-state index contributed by atoms with van der Waals surface area (Å²) in [5.74, 6) is 0.100. The molecule has 5 nitrogen and oxygen atoms in total. The molecular weight excluding hydrogens is 316 g/mol. The molecule has 1 amide bonds. The fraction of sp³-hybridized carbons (Fsp3) is 0.333.